The molecule has 3 aromatic rings. The van der Waals surface area contributed by atoms with Crippen molar-refractivity contribution in [3.8, 4) is 0 Å². The molecule has 1 aromatic carbocycles. The lowest BCUT2D eigenvalue weighted by Crippen LogP contribution is -2.28. The number of H-pyrrole nitrogens is 1. The maximum Gasteiger partial charge on any atom is 0.254 e. The van der Waals surface area contributed by atoms with E-state index in [2.05, 4.69) is 10.3 Å². The highest BCUT2D eigenvalue weighted by Gasteiger charge is 2.22. The van der Waals surface area contributed by atoms with E-state index in [0.717, 1.165) is 27.2 Å². The van der Waals surface area contributed by atoms with Crippen molar-refractivity contribution in [2.45, 2.75) is 38.3 Å². The van der Waals surface area contributed by atoms with Crippen LogP contribution in [-0.4, -0.2) is 33.4 Å². The number of rotatable bonds is 6. The summed E-state index contributed by atoms with van der Waals surface area (Å²) >= 11 is 1.48. The molecular weight excluding hydrogens is 374 g/mol. The molecule has 0 aliphatic heterocycles. The number of pyridine rings is 1. The molecule has 0 saturated carbocycles. The monoisotopic (exact) mass is 399 g/mol. The number of aromatic nitrogens is 2. The molecule has 1 atom stereocenters. The third kappa shape index (κ3) is 3.59. The molecule has 3 N–H and O–H groups in total. The average Bonchev–Trinajstić information content (AvgIpc) is 2.97. The summed E-state index contributed by atoms with van der Waals surface area (Å²) in [5.41, 5.74) is 3.44. The topological polar surface area (TPSA) is 87.1 Å². The van der Waals surface area contributed by atoms with Gasteiger partial charge in [0.15, 0.2) is 0 Å². The van der Waals surface area contributed by atoms with Crippen LogP contribution in [0.4, 0.5) is 0 Å². The molecule has 3 rings (SSSR count). The van der Waals surface area contributed by atoms with Crippen LogP contribution in [0.25, 0.3) is 10.9 Å². The molecule has 0 spiro atoms. The quantitative estimate of drug-likeness (QED) is 0.556. The van der Waals surface area contributed by atoms with E-state index in [4.69, 9.17) is 0 Å². The third-order valence-electron chi connectivity index (χ3n) is 4.96. The normalized spacial score (nSPS) is 12.3. The first kappa shape index (κ1) is 20.2. The number of hydrogen-bond donors (Lipinski definition) is 3. The zero-order valence-electron chi connectivity index (χ0n) is 16.5. The van der Waals surface area contributed by atoms with Gasteiger partial charge in [-0.1, -0.05) is 18.2 Å². The van der Waals surface area contributed by atoms with Crippen LogP contribution in [0.15, 0.2) is 40.0 Å². The summed E-state index contributed by atoms with van der Waals surface area (Å²) in [7, 11) is 0. The number of nitrogens with zero attached hydrogens (tertiary/aromatic N) is 1. The van der Waals surface area contributed by atoms with Gasteiger partial charge in [0.2, 0.25) is 0 Å². The Morgan fingerprint density at radius 2 is 2.04 bits per heavy atom. The van der Waals surface area contributed by atoms with Gasteiger partial charge in [0.25, 0.3) is 11.5 Å². The number of amides is 1. The van der Waals surface area contributed by atoms with Crippen LogP contribution in [0.3, 0.4) is 0 Å². The third-order valence-corrected chi connectivity index (χ3v) is 5.77. The summed E-state index contributed by atoms with van der Waals surface area (Å²) in [5.74, 6) is -0.232. The first-order chi connectivity index (χ1) is 13.4. The molecule has 6 nitrogen and oxygen atoms in total. The molecule has 1 amide bonds. The molecule has 0 saturated heterocycles. The van der Waals surface area contributed by atoms with Crippen LogP contribution in [0.5, 0.6) is 0 Å². The fourth-order valence-electron chi connectivity index (χ4n) is 3.62. The van der Waals surface area contributed by atoms with Crippen LogP contribution in [0.1, 0.15) is 40.3 Å². The Kier molecular flexibility index (Phi) is 5.96. The Hall–Kier alpha value is -2.51. The second-order valence-electron chi connectivity index (χ2n) is 6.89. The van der Waals surface area contributed by atoms with E-state index in [1.54, 1.807) is 0 Å². The van der Waals surface area contributed by atoms with Crippen molar-refractivity contribution in [3.05, 3.63) is 63.2 Å². The Bertz CT molecular complexity index is 1080. The van der Waals surface area contributed by atoms with Crippen molar-refractivity contribution < 1.29 is 9.90 Å². The lowest BCUT2D eigenvalue weighted by Gasteiger charge is -2.15. The Labute approximate surface area is 168 Å². The molecule has 2 heterocycles. The molecule has 1 unspecified atom stereocenters. The molecule has 2 aromatic heterocycles. The van der Waals surface area contributed by atoms with Crippen LogP contribution in [0, 0.1) is 13.8 Å². The number of para-hydroxylation sites is 1. The Morgan fingerprint density at radius 1 is 1.32 bits per heavy atom. The van der Waals surface area contributed by atoms with E-state index in [1.165, 1.54) is 11.8 Å². The fraction of sp³-hybridized carbons (Fsp3) is 0.333. The molecule has 28 heavy (non-hydrogen) atoms. The first-order valence-electron chi connectivity index (χ1n) is 9.14. The number of carbonyl (C=O) groups is 1. The van der Waals surface area contributed by atoms with Crippen LogP contribution in [-0.2, 0) is 6.54 Å². The lowest BCUT2D eigenvalue weighted by molar-refractivity contribution is 0.0951. The zero-order valence-corrected chi connectivity index (χ0v) is 17.3. The van der Waals surface area contributed by atoms with Gasteiger partial charge in [0.1, 0.15) is 0 Å². The van der Waals surface area contributed by atoms with Crippen molar-refractivity contribution in [2.75, 3.05) is 12.9 Å². The summed E-state index contributed by atoms with van der Waals surface area (Å²) < 4.78 is 1.98. The minimum atomic E-state index is -0.232. The maximum atomic E-state index is 13.0. The molecular formula is C21H25N3O3S. The predicted molar refractivity (Wildman–Crippen MR) is 113 cm³/mol. The van der Waals surface area contributed by atoms with E-state index in [1.807, 2.05) is 61.9 Å². The van der Waals surface area contributed by atoms with Gasteiger partial charge < -0.3 is 20.0 Å². The van der Waals surface area contributed by atoms with Gasteiger partial charge in [-0.15, -0.1) is 11.8 Å². The molecule has 7 heteroatoms. The van der Waals surface area contributed by atoms with E-state index < -0.39 is 0 Å². The molecule has 0 aliphatic rings. The highest BCUT2D eigenvalue weighted by Crippen LogP contribution is 2.29. The minimum absolute atomic E-state index is 0.0175. The molecule has 0 fully saturated rings. The number of fused-ring (bicyclic) bond motifs is 1. The van der Waals surface area contributed by atoms with Crippen molar-refractivity contribution in [3.63, 3.8) is 0 Å². The van der Waals surface area contributed by atoms with Crippen LogP contribution >= 0.6 is 11.8 Å². The summed E-state index contributed by atoms with van der Waals surface area (Å²) in [6.07, 6.45) is 1.91. The molecule has 148 valence electrons. The number of aliphatic hydroxyl groups excluding tert-OH is 1. The van der Waals surface area contributed by atoms with Gasteiger partial charge in [-0.25, -0.2) is 0 Å². The number of carbonyl (C=O) groups excluding carboxylic acids is 1. The van der Waals surface area contributed by atoms with Gasteiger partial charge in [0, 0.05) is 39.3 Å². The number of nitrogens with one attached hydrogen (secondary N) is 2. The second-order valence-corrected chi connectivity index (χ2v) is 7.74. The Balaban J connectivity index is 1.98. The first-order valence-corrected chi connectivity index (χ1v) is 10.4. The van der Waals surface area contributed by atoms with E-state index in [0.29, 0.717) is 11.1 Å². The standard InChI is InChI=1S/C21H25N3O3S/c1-12-9-18(28-4)16(20(26)23-12)10-22-21(27)19-14(3)24(13(2)11-25)17-8-6-5-7-15(17)19/h5-9,13,25H,10-11H2,1-4H3,(H,22,27)(H,23,26). The van der Waals surface area contributed by atoms with Crippen molar-refractivity contribution in [1.29, 1.82) is 0 Å². The molecule has 0 radical (unpaired) electrons. The highest BCUT2D eigenvalue weighted by molar-refractivity contribution is 7.98. The predicted octanol–water partition coefficient (Wildman–Crippen LogP) is 3.15. The maximum absolute atomic E-state index is 13.0. The molecule has 0 aliphatic carbocycles. The van der Waals surface area contributed by atoms with E-state index in [9.17, 15) is 14.7 Å². The molecule has 0 bridgehead atoms. The summed E-state index contributed by atoms with van der Waals surface area (Å²) in [6.45, 7) is 5.77. The number of aliphatic hydroxyl groups is 1. The zero-order chi connectivity index (χ0) is 20.4. The summed E-state index contributed by atoms with van der Waals surface area (Å²) in [4.78, 5) is 29.0. The lowest BCUT2D eigenvalue weighted by atomic mass is 10.1. The second kappa shape index (κ2) is 8.24. The smallest absolute Gasteiger partial charge is 0.254 e. The number of aromatic amines is 1. The SMILES string of the molecule is CSc1cc(C)[nH]c(=O)c1CNC(=O)c1c(C)n(C(C)CO)c2ccccc12. The largest absolute Gasteiger partial charge is 0.394 e. The van der Waals surface area contributed by atoms with Gasteiger partial charge in [-0.3, -0.25) is 9.59 Å². The van der Waals surface area contributed by atoms with Gasteiger partial charge in [-0.2, -0.15) is 0 Å². The van der Waals surface area contributed by atoms with Crippen molar-refractivity contribution >= 4 is 28.6 Å². The van der Waals surface area contributed by atoms with Crippen LogP contribution < -0.4 is 10.9 Å². The van der Waals surface area contributed by atoms with Crippen molar-refractivity contribution in [2.24, 2.45) is 0 Å². The Morgan fingerprint density at radius 3 is 2.71 bits per heavy atom. The highest BCUT2D eigenvalue weighted by atomic mass is 32.2. The average molecular weight is 400 g/mol. The number of aryl methyl sites for hydroxylation is 1. The summed E-state index contributed by atoms with van der Waals surface area (Å²) in [5, 5.41) is 13.4. The fourth-order valence-corrected chi connectivity index (χ4v) is 4.33. The van der Waals surface area contributed by atoms with E-state index in [-0.39, 0.29) is 30.7 Å². The van der Waals surface area contributed by atoms with Gasteiger partial charge in [-0.05, 0) is 39.2 Å². The number of hydrogen-bond acceptors (Lipinski definition) is 4. The van der Waals surface area contributed by atoms with E-state index >= 15 is 0 Å². The van der Waals surface area contributed by atoms with Crippen LogP contribution in [0.2, 0.25) is 0 Å². The number of benzene rings is 1. The van der Waals surface area contributed by atoms with Gasteiger partial charge in [0.05, 0.1) is 18.2 Å². The van der Waals surface area contributed by atoms with Crippen molar-refractivity contribution in [1.82, 2.24) is 14.9 Å². The minimum Gasteiger partial charge on any atom is -0.394 e. The summed E-state index contributed by atoms with van der Waals surface area (Å²) in [6, 6.07) is 9.43. The number of thioether (sulfide) groups is 1. The van der Waals surface area contributed by atoms with Gasteiger partial charge >= 0.3 is 0 Å².